The second-order valence-electron chi connectivity index (χ2n) is 12.3. The van der Waals surface area contributed by atoms with E-state index < -0.39 is 11.6 Å². The Morgan fingerprint density at radius 3 is 2.39 bits per heavy atom. The molecule has 0 bridgehead atoms. The lowest BCUT2D eigenvalue weighted by molar-refractivity contribution is -0.144. The van der Waals surface area contributed by atoms with Crippen LogP contribution < -0.4 is 5.73 Å². The lowest BCUT2D eigenvalue weighted by Crippen LogP contribution is -2.52. The van der Waals surface area contributed by atoms with Gasteiger partial charge < -0.3 is 24.8 Å². The normalized spacial score (nSPS) is 13.3. The molecule has 0 aliphatic rings. The highest BCUT2D eigenvalue weighted by Crippen LogP contribution is 2.19. The maximum atomic E-state index is 14.3. The molecule has 4 aromatic rings. The van der Waals surface area contributed by atoms with E-state index in [0.29, 0.717) is 31.0 Å². The quantitative estimate of drug-likeness (QED) is 0.168. The van der Waals surface area contributed by atoms with Gasteiger partial charge in [-0.1, -0.05) is 90.1 Å². The number of likely N-dealkylation sites (N-methyl/N-ethyl adjacent to an activating group) is 2. The van der Waals surface area contributed by atoms with Crippen molar-refractivity contribution in [1.29, 1.82) is 0 Å². The van der Waals surface area contributed by atoms with Gasteiger partial charge in [-0.2, -0.15) is 4.98 Å². The van der Waals surface area contributed by atoms with Crippen LogP contribution in [0.1, 0.15) is 49.5 Å². The van der Waals surface area contributed by atoms with E-state index in [0.717, 1.165) is 21.9 Å². The van der Waals surface area contributed by atoms with Crippen molar-refractivity contribution >= 4 is 28.7 Å². The number of carbonyl (C=O) groups excluding carboxylic acids is 2. The minimum absolute atomic E-state index is 0.132. The molecule has 9 nitrogen and oxygen atoms in total. The van der Waals surface area contributed by atoms with Gasteiger partial charge in [-0.3, -0.25) is 9.59 Å². The molecule has 0 aliphatic carbocycles. The molecular formula is C37H45N5O4. The van der Waals surface area contributed by atoms with E-state index in [1.807, 2.05) is 74.5 Å². The predicted molar refractivity (Wildman–Crippen MR) is 182 cm³/mol. The zero-order valence-electron chi connectivity index (χ0n) is 27.4. The number of rotatable bonds is 15. The van der Waals surface area contributed by atoms with Crippen LogP contribution in [0.15, 0.2) is 95.5 Å². The maximum absolute atomic E-state index is 14.3. The third-order valence-electron chi connectivity index (χ3n) is 7.76. The molecule has 2 atom stereocenters. The maximum Gasteiger partial charge on any atom is 0.252 e. The van der Waals surface area contributed by atoms with Crippen LogP contribution in [-0.2, 0) is 27.4 Å². The standard InChI is InChI=1S/C37H45N5O4/c1-27-39-34(46-40-27)26-45-25-32(24-28-13-7-6-8-14-28)41(4)36(44)33(42(5)35(43)19-12-22-37(2,3)38)18-11-15-29-20-21-30-16-9-10-17-31(30)23-29/h6-17,19-21,23,32-33H,18,22,24-26,38H2,1-5H3/b15-11+,19-12+/t32-,33-/m1/s1. The van der Waals surface area contributed by atoms with E-state index in [9.17, 15) is 9.59 Å². The lowest BCUT2D eigenvalue weighted by atomic mass is 10.0. The minimum atomic E-state index is -0.749. The number of ether oxygens (including phenoxy) is 1. The first kappa shape index (κ1) is 34.3. The molecule has 0 aliphatic heterocycles. The third-order valence-corrected chi connectivity index (χ3v) is 7.76. The molecule has 0 unspecified atom stereocenters. The first-order chi connectivity index (χ1) is 22.0. The molecule has 0 saturated carbocycles. The molecule has 1 aromatic heterocycles. The Hall–Kier alpha value is -4.60. The highest BCUT2D eigenvalue weighted by molar-refractivity contribution is 5.93. The Morgan fingerprint density at radius 1 is 0.978 bits per heavy atom. The van der Waals surface area contributed by atoms with Crippen molar-refractivity contribution in [2.24, 2.45) is 5.73 Å². The number of hydrogen-bond donors (Lipinski definition) is 1. The summed E-state index contributed by atoms with van der Waals surface area (Å²) < 4.78 is 11.2. The van der Waals surface area contributed by atoms with Gasteiger partial charge in [0.2, 0.25) is 11.8 Å². The van der Waals surface area contributed by atoms with Crippen molar-refractivity contribution < 1.29 is 18.8 Å². The summed E-state index contributed by atoms with van der Waals surface area (Å²) >= 11 is 0. The summed E-state index contributed by atoms with van der Waals surface area (Å²) in [7, 11) is 3.43. The zero-order chi connectivity index (χ0) is 33.1. The van der Waals surface area contributed by atoms with Gasteiger partial charge >= 0.3 is 0 Å². The smallest absolute Gasteiger partial charge is 0.252 e. The number of carbonyl (C=O) groups is 2. The molecule has 3 aromatic carbocycles. The number of hydrogen-bond acceptors (Lipinski definition) is 7. The monoisotopic (exact) mass is 623 g/mol. The van der Waals surface area contributed by atoms with Crippen molar-refractivity contribution in [3.05, 3.63) is 114 Å². The zero-order valence-corrected chi connectivity index (χ0v) is 27.4. The van der Waals surface area contributed by atoms with Crippen molar-refractivity contribution in [3.8, 4) is 0 Å². The van der Waals surface area contributed by atoms with Crippen molar-refractivity contribution in [2.45, 2.75) is 64.3 Å². The molecule has 0 spiro atoms. The van der Waals surface area contributed by atoms with Gasteiger partial charge in [-0.25, -0.2) is 0 Å². The van der Waals surface area contributed by atoms with Crippen LogP contribution in [0, 0.1) is 6.92 Å². The Labute approximate surface area is 271 Å². The average Bonchev–Trinajstić information content (AvgIpc) is 3.46. The Kier molecular flexibility index (Phi) is 12.0. The molecule has 2 N–H and O–H groups in total. The van der Waals surface area contributed by atoms with Crippen molar-refractivity contribution in [1.82, 2.24) is 19.9 Å². The molecule has 0 fully saturated rings. The summed E-state index contributed by atoms with van der Waals surface area (Å²) in [5.74, 6) is 0.449. The van der Waals surface area contributed by atoms with E-state index in [4.69, 9.17) is 15.0 Å². The number of aromatic nitrogens is 2. The van der Waals surface area contributed by atoms with Gasteiger partial charge in [0.25, 0.3) is 5.89 Å². The van der Waals surface area contributed by atoms with Crippen LogP contribution in [0.5, 0.6) is 0 Å². The second-order valence-corrected chi connectivity index (χ2v) is 12.3. The molecule has 1 heterocycles. The van der Waals surface area contributed by atoms with Gasteiger partial charge in [0.15, 0.2) is 5.82 Å². The largest absolute Gasteiger partial charge is 0.369 e. The van der Waals surface area contributed by atoms with E-state index in [2.05, 4.69) is 34.4 Å². The fraction of sp³-hybridized carbons (Fsp3) is 0.351. The fourth-order valence-corrected chi connectivity index (χ4v) is 5.09. The summed E-state index contributed by atoms with van der Waals surface area (Å²) in [6.45, 7) is 5.92. The molecule has 9 heteroatoms. The lowest BCUT2D eigenvalue weighted by Gasteiger charge is -2.34. The first-order valence-corrected chi connectivity index (χ1v) is 15.6. The van der Waals surface area contributed by atoms with Crippen molar-refractivity contribution in [2.75, 3.05) is 20.7 Å². The number of fused-ring (bicyclic) bond motifs is 1. The topological polar surface area (TPSA) is 115 Å². The minimum Gasteiger partial charge on any atom is -0.369 e. The summed E-state index contributed by atoms with van der Waals surface area (Å²) in [5, 5.41) is 6.11. The Balaban J connectivity index is 1.55. The highest BCUT2D eigenvalue weighted by atomic mass is 16.5. The summed E-state index contributed by atoms with van der Waals surface area (Å²) in [6, 6.07) is 23.3. The van der Waals surface area contributed by atoms with Crippen LogP contribution in [0.2, 0.25) is 0 Å². The second kappa shape index (κ2) is 16.1. The van der Waals surface area contributed by atoms with Crippen LogP contribution >= 0.6 is 0 Å². The molecule has 2 amide bonds. The molecule has 46 heavy (non-hydrogen) atoms. The molecule has 4 rings (SSSR count). The Morgan fingerprint density at radius 2 is 1.70 bits per heavy atom. The van der Waals surface area contributed by atoms with Gasteiger partial charge in [0.1, 0.15) is 12.6 Å². The van der Waals surface area contributed by atoms with E-state index in [1.165, 1.54) is 11.0 Å². The number of nitrogens with zero attached hydrogens (tertiary/aromatic N) is 4. The first-order valence-electron chi connectivity index (χ1n) is 15.6. The molecule has 0 saturated heterocycles. The van der Waals surface area contributed by atoms with E-state index in [1.54, 1.807) is 32.0 Å². The summed E-state index contributed by atoms with van der Waals surface area (Å²) in [5.41, 5.74) is 7.74. The fourth-order valence-electron chi connectivity index (χ4n) is 5.09. The number of aryl methyl sites for hydroxylation is 1. The SMILES string of the molecule is Cc1noc(COC[C@@H](Cc2ccccc2)N(C)C(=O)[C@@H](C/C=C/c2ccc3ccccc3c2)N(C)C(=O)/C=C/CC(C)(C)N)n1. The average molecular weight is 624 g/mol. The molecule has 242 valence electrons. The highest BCUT2D eigenvalue weighted by Gasteiger charge is 2.31. The van der Waals surface area contributed by atoms with Gasteiger partial charge in [-0.05, 0) is 74.1 Å². The van der Waals surface area contributed by atoms with Crippen molar-refractivity contribution in [3.63, 3.8) is 0 Å². The van der Waals surface area contributed by atoms with Crippen LogP contribution in [0.4, 0.5) is 0 Å². The predicted octanol–water partition coefficient (Wildman–Crippen LogP) is 5.73. The summed E-state index contributed by atoms with van der Waals surface area (Å²) in [4.78, 5) is 35.0. The molecule has 0 radical (unpaired) electrons. The van der Waals surface area contributed by atoms with Gasteiger partial charge in [0.05, 0.1) is 12.6 Å². The number of nitrogens with two attached hydrogens (primary N) is 1. The van der Waals surface area contributed by atoms with E-state index in [-0.39, 0.29) is 31.1 Å². The van der Waals surface area contributed by atoms with Crippen LogP contribution in [-0.4, -0.2) is 70.1 Å². The van der Waals surface area contributed by atoms with E-state index >= 15 is 0 Å². The number of benzene rings is 3. The molecular weight excluding hydrogens is 578 g/mol. The van der Waals surface area contributed by atoms with Gasteiger partial charge in [0, 0.05) is 19.6 Å². The van der Waals surface area contributed by atoms with Crippen LogP contribution in [0.25, 0.3) is 16.8 Å². The number of amides is 2. The summed E-state index contributed by atoms with van der Waals surface area (Å²) in [6.07, 6.45) is 8.64. The van der Waals surface area contributed by atoms with Gasteiger partial charge in [-0.15, -0.1) is 0 Å². The third kappa shape index (κ3) is 10.2. The Bertz CT molecular complexity index is 1640. The van der Waals surface area contributed by atoms with Crippen LogP contribution in [0.3, 0.4) is 0 Å².